The topological polar surface area (TPSA) is 140 Å². The van der Waals surface area contributed by atoms with Gasteiger partial charge in [0.2, 0.25) is 5.95 Å². The van der Waals surface area contributed by atoms with E-state index in [1.807, 2.05) is 41.0 Å². The fourth-order valence-electron chi connectivity index (χ4n) is 3.90. The second kappa shape index (κ2) is 11.1. The molecule has 5 aromatic rings. The third-order valence-electron chi connectivity index (χ3n) is 5.56. The maximum Gasteiger partial charge on any atom is 0.261 e. The molecule has 0 bridgehead atoms. The van der Waals surface area contributed by atoms with Crippen molar-refractivity contribution in [1.82, 2.24) is 24.5 Å². The van der Waals surface area contributed by atoms with Crippen LogP contribution in [0.4, 0.5) is 14.7 Å². The molecule has 38 heavy (non-hydrogen) atoms. The van der Waals surface area contributed by atoms with Crippen molar-refractivity contribution in [2.45, 2.75) is 26.3 Å². The quantitative estimate of drug-likeness (QED) is 0.248. The van der Waals surface area contributed by atoms with E-state index in [4.69, 9.17) is 15.3 Å². The van der Waals surface area contributed by atoms with Crippen molar-refractivity contribution in [3.8, 4) is 34.0 Å². The number of hydrogen-bond acceptors (Lipinski definition) is 6. The summed E-state index contributed by atoms with van der Waals surface area (Å²) in [6.45, 7) is 2.81. The van der Waals surface area contributed by atoms with Crippen LogP contribution in [0, 0.1) is 11.6 Å². The molecule has 0 aliphatic carbocycles. The summed E-state index contributed by atoms with van der Waals surface area (Å²) < 4.78 is 56.8. The van der Waals surface area contributed by atoms with Gasteiger partial charge in [0.05, 0.1) is 28.9 Å². The molecule has 3 heterocycles. The highest BCUT2D eigenvalue weighted by atomic mass is 32.2. The number of nitrogens with two attached hydrogens (primary N) is 1. The summed E-state index contributed by atoms with van der Waals surface area (Å²) >= 11 is 0. The molecule has 0 fully saturated rings. The average molecular weight is 541 g/mol. The van der Waals surface area contributed by atoms with Crippen molar-refractivity contribution >= 4 is 27.2 Å². The Morgan fingerprint density at radius 3 is 2.26 bits per heavy atom. The Morgan fingerprint density at radius 2 is 1.63 bits per heavy atom. The monoisotopic (exact) mass is 540 g/mol. The highest BCUT2D eigenvalue weighted by molar-refractivity contribution is 7.85. The van der Waals surface area contributed by atoms with Gasteiger partial charge in [-0.1, -0.05) is 49.7 Å². The first-order valence-corrected chi connectivity index (χ1v) is 13.6. The summed E-state index contributed by atoms with van der Waals surface area (Å²) in [5.74, 6) is -0.877. The number of nitrogens with one attached hydrogen (secondary N) is 1. The molecule has 198 valence electrons. The molecule has 9 nitrogen and oxygen atoms in total. The van der Waals surface area contributed by atoms with Crippen molar-refractivity contribution < 1.29 is 21.8 Å². The fourth-order valence-corrected chi connectivity index (χ4v) is 3.90. The number of nitrogens with zero attached hydrogens (tertiary/aromatic N) is 4. The highest BCUT2D eigenvalue weighted by Crippen LogP contribution is 2.34. The molecule has 5 rings (SSSR count). The van der Waals surface area contributed by atoms with Crippen molar-refractivity contribution in [2.24, 2.45) is 0 Å². The number of aromatic nitrogens is 5. The number of halogens is 2. The summed E-state index contributed by atoms with van der Waals surface area (Å²) in [4.78, 5) is 16.9. The van der Waals surface area contributed by atoms with Crippen LogP contribution >= 0.6 is 0 Å². The summed E-state index contributed by atoms with van der Waals surface area (Å²) in [5, 5.41) is 0. The van der Waals surface area contributed by atoms with Crippen LogP contribution in [-0.4, -0.2) is 43.7 Å². The van der Waals surface area contributed by atoms with Gasteiger partial charge in [-0.25, -0.2) is 23.7 Å². The van der Waals surface area contributed by atoms with Crippen molar-refractivity contribution in [2.75, 3.05) is 12.0 Å². The second-order valence-electron chi connectivity index (χ2n) is 8.52. The predicted octanol–water partition coefficient (Wildman–Crippen LogP) is 5.32. The van der Waals surface area contributed by atoms with Crippen LogP contribution in [0.5, 0.6) is 0 Å². The lowest BCUT2D eigenvalue weighted by atomic mass is 10.1. The number of rotatable bonds is 6. The molecule has 0 aliphatic heterocycles. The van der Waals surface area contributed by atoms with Gasteiger partial charge in [-0.05, 0) is 30.7 Å². The molecule has 0 atom stereocenters. The smallest absolute Gasteiger partial charge is 0.261 e. The summed E-state index contributed by atoms with van der Waals surface area (Å²) in [6, 6.07) is 16.8. The van der Waals surface area contributed by atoms with Gasteiger partial charge in [-0.15, -0.1) is 0 Å². The first-order valence-electron chi connectivity index (χ1n) is 11.7. The Bertz CT molecular complexity index is 1660. The average Bonchev–Trinajstić information content (AvgIpc) is 3.42. The van der Waals surface area contributed by atoms with Gasteiger partial charge < -0.3 is 10.7 Å². The normalized spacial score (nSPS) is 11.4. The van der Waals surface area contributed by atoms with Crippen LogP contribution in [0.3, 0.4) is 0 Å². The molecule has 0 amide bonds. The van der Waals surface area contributed by atoms with E-state index in [0.29, 0.717) is 47.0 Å². The van der Waals surface area contributed by atoms with Gasteiger partial charge in [-0.3, -0.25) is 9.12 Å². The number of anilines is 1. The van der Waals surface area contributed by atoms with E-state index in [0.717, 1.165) is 18.4 Å². The zero-order chi connectivity index (χ0) is 27.4. The van der Waals surface area contributed by atoms with Crippen molar-refractivity contribution in [3.63, 3.8) is 0 Å². The van der Waals surface area contributed by atoms with Gasteiger partial charge in [-0.2, -0.15) is 8.42 Å². The number of fused-ring (bicyclic) bond motifs is 1. The Morgan fingerprint density at radius 1 is 0.974 bits per heavy atom. The van der Waals surface area contributed by atoms with Crippen LogP contribution in [0.2, 0.25) is 0 Å². The third kappa shape index (κ3) is 6.03. The number of pyridine rings is 1. The molecule has 4 N–H and O–H groups in total. The molecule has 0 unspecified atom stereocenters. The summed E-state index contributed by atoms with van der Waals surface area (Å²) in [6.07, 6.45) is 2.67. The molecule has 0 saturated carbocycles. The van der Waals surface area contributed by atoms with E-state index in [1.165, 1.54) is 18.2 Å². The molecule has 0 aliphatic rings. The molecule has 0 radical (unpaired) electrons. The lowest BCUT2D eigenvalue weighted by molar-refractivity contribution is 0.490. The first-order chi connectivity index (χ1) is 18.1. The lowest BCUT2D eigenvalue weighted by Gasteiger charge is -2.06. The molecule has 2 aromatic carbocycles. The number of imidazole rings is 2. The zero-order valence-electron chi connectivity index (χ0n) is 20.7. The predicted molar refractivity (Wildman–Crippen MR) is 143 cm³/mol. The van der Waals surface area contributed by atoms with E-state index in [9.17, 15) is 17.2 Å². The zero-order valence-corrected chi connectivity index (χ0v) is 21.5. The maximum absolute atomic E-state index is 14.5. The Hall–Kier alpha value is -4.16. The van der Waals surface area contributed by atoms with Gasteiger partial charge >= 0.3 is 0 Å². The molecular formula is C26H26F2N6O3S. The highest BCUT2D eigenvalue weighted by Gasteiger charge is 2.21. The second-order valence-corrected chi connectivity index (χ2v) is 9.99. The van der Waals surface area contributed by atoms with Gasteiger partial charge in [0.15, 0.2) is 5.65 Å². The van der Waals surface area contributed by atoms with Crippen molar-refractivity contribution in [1.29, 1.82) is 0 Å². The number of aryl methyl sites for hydroxylation is 1. The van der Waals surface area contributed by atoms with E-state index in [1.54, 1.807) is 6.07 Å². The van der Waals surface area contributed by atoms with E-state index in [-0.39, 0.29) is 11.4 Å². The Balaban J connectivity index is 0.000000617. The van der Waals surface area contributed by atoms with Crippen LogP contribution in [0.25, 0.3) is 45.2 Å². The minimum Gasteiger partial charge on any atom is -0.369 e. The number of benzene rings is 2. The molecule has 0 spiro atoms. The largest absolute Gasteiger partial charge is 0.369 e. The first kappa shape index (κ1) is 26.9. The van der Waals surface area contributed by atoms with E-state index >= 15 is 0 Å². The third-order valence-corrected chi connectivity index (χ3v) is 5.56. The van der Waals surface area contributed by atoms with Gasteiger partial charge in [0.25, 0.3) is 10.1 Å². The summed E-state index contributed by atoms with van der Waals surface area (Å²) in [7, 11) is -3.67. The minimum atomic E-state index is -3.67. The van der Waals surface area contributed by atoms with Gasteiger partial charge in [0, 0.05) is 12.1 Å². The van der Waals surface area contributed by atoms with Crippen LogP contribution in [0.1, 0.15) is 19.8 Å². The van der Waals surface area contributed by atoms with E-state index in [2.05, 4.69) is 21.9 Å². The van der Waals surface area contributed by atoms with Crippen molar-refractivity contribution in [3.05, 3.63) is 72.3 Å². The Labute approximate surface area is 218 Å². The summed E-state index contributed by atoms with van der Waals surface area (Å²) in [5.41, 5.74) is 9.75. The number of aromatic amines is 1. The number of unbranched alkanes of at least 4 members (excludes halogenated alkanes) is 1. The Kier molecular flexibility index (Phi) is 7.83. The van der Waals surface area contributed by atoms with Crippen LogP contribution < -0.4 is 5.73 Å². The number of hydrogen-bond donors (Lipinski definition) is 3. The molecular weight excluding hydrogens is 514 g/mol. The lowest BCUT2D eigenvalue weighted by Crippen LogP contribution is -2.04. The molecule has 12 heteroatoms. The number of nitrogen functional groups attached to an aromatic ring is 1. The number of H-pyrrole nitrogens is 1. The van der Waals surface area contributed by atoms with Crippen LogP contribution in [0.15, 0.2) is 60.7 Å². The minimum absolute atomic E-state index is 0.0976. The maximum atomic E-state index is 14.5. The van der Waals surface area contributed by atoms with E-state index < -0.39 is 21.8 Å². The fraction of sp³-hybridized carbons (Fsp3) is 0.192. The SMILES string of the molecule is CCCCn1c(N)nc2ccc(-c3[nH]c(-c4c(F)cccc4F)nc3-c3ccccc3)nc21.CS(=O)(=O)O. The standard InChI is InChI=1S/C25H22F2N6.CH4O3S/c1-2-3-14-33-24-19(30-25(33)28)13-12-18(29-24)22-21(15-8-5-4-6-9-15)31-23(32-22)20-16(26)10-7-11-17(20)27;1-5(2,3)4/h4-13H,2-3,14H2,1H3,(H2,28,30)(H,31,32);1H3,(H,2,3,4). The molecule has 0 saturated heterocycles. The van der Waals surface area contributed by atoms with Gasteiger partial charge in [0.1, 0.15) is 23.0 Å². The molecule has 3 aromatic heterocycles. The van der Waals surface area contributed by atoms with Crippen LogP contribution in [-0.2, 0) is 16.7 Å².